The van der Waals surface area contributed by atoms with Gasteiger partial charge in [-0.2, -0.15) is 0 Å². The van der Waals surface area contributed by atoms with Crippen LogP contribution in [0.25, 0.3) is 22.1 Å². The van der Waals surface area contributed by atoms with Crippen LogP contribution in [-0.4, -0.2) is 122 Å². The number of fused-ring (bicyclic) bond motifs is 2. The van der Waals surface area contributed by atoms with Gasteiger partial charge in [0.1, 0.15) is 51.7 Å². The molecule has 1 N–H and O–H groups in total. The van der Waals surface area contributed by atoms with Crippen LogP contribution in [0.4, 0.5) is 21.2 Å². The van der Waals surface area contributed by atoms with E-state index in [0.29, 0.717) is 76.7 Å². The third kappa shape index (κ3) is 17.6. The summed E-state index contributed by atoms with van der Waals surface area (Å²) in [6, 6.07) is 25.8. The number of phenols is 1. The largest absolute Gasteiger partial charge is 0.508 e. The number of phenolic OH excluding ortho intramolecular Hbond substituents is 1. The fourth-order valence-corrected chi connectivity index (χ4v) is 7.89. The van der Waals surface area contributed by atoms with Crippen LogP contribution in [0.3, 0.4) is 0 Å². The second-order valence-corrected chi connectivity index (χ2v) is 23.7. The third-order valence-corrected chi connectivity index (χ3v) is 12.5. The molecule has 0 spiro atoms. The molecule has 0 aliphatic carbocycles. The molecule has 0 bridgehead atoms. The van der Waals surface area contributed by atoms with Gasteiger partial charge in [0.05, 0.1) is 34.5 Å². The van der Waals surface area contributed by atoms with E-state index in [0.717, 1.165) is 49.3 Å². The summed E-state index contributed by atoms with van der Waals surface area (Å²) in [6.45, 7) is 27.9. The minimum atomic E-state index is -0.509. The smallest absolute Gasteiger partial charge is 0.410 e. The zero-order chi connectivity index (χ0) is 54.9. The Balaban J connectivity index is 0.000000205. The number of ketones is 2. The van der Waals surface area contributed by atoms with Crippen molar-refractivity contribution in [1.82, 2.24) is 29.7 Å². The molecule has 2 fully saturated rings. The second-order valence-electron chi connectivity index (χ2n) is 22.8. The first-order valence-corrected chi connectivity index (χ1v) is 26.1. The summed E-state index contributed by atoms with van der Waals surface area (Å²) in [7, 11) is 0. The van der Waals surface area contributed by atoms with Crippen LogP contribution in [0, 0.1) is 10.8 Å². The standard InChI is InChI=1S/C29H36N4O4.C17H21BrN4O2.C12H16O2/c1-28(2,3)25(34)17-20-7-9-21(10-8-20)36-22-11-12-23-24(18-22)31-26(19-30-23)32-13-15-33(16-14-32)27(35)37-29(4,5)6;1-17(2,3)24-16(23)22-8-6-21(7-9-22)15-11-19-13-5-4-12(18)10-14(13)20-15;1-12(2,3)11(14)8-9-4-6-10(13)7-5-9/h7-12,18-19H,13-17H2,1-6H3;4-5,10-11H,6-9H2,1-3H3;4-7,13H,8H2,1-3H3. The Morgan fingerprint density at radius 3 is 1.31 bits per heavy atom. The molecule has 4 heterocycles. The van der Waals surface area contributed by atoms with Crippen LogP contribution >= 0.6 is 15.9 Å². The quantitative estimate of drug-likeness (QED) is 0.152. The number of aromatic nitrogens is 4. The van der Waals surface area contributed by atoms with Crippen LogP contribution in [0.5, 0.6) is 17.2 Å². The summed E-state index contributed by atoms with van der Waals surface area (Å²) in [5.41, 5.74) is 3.53. The molecule has 0 radical (unpaired) electrons. The summed E-state index contributed by atoms with van der Waals surface area (Å²) in [6.07, 6.45) is 3.86. The lowest BCUT2D eigenvalue weighted by Gasteiger charge is -2.36. The lowest BCUT2D eigenvalue weighted by Crippen LogP contribution is -2.50. The SMILES string of the molecule is CC(C)(C)C(=O)Cc1ccc(O)cc1.CC(C)(C)OC(=O)N1CCN(c2cnc3ccc(Br)cc3n2)CC1.CC(C)(C)OC(=O)N1CCN(c2cnc3ccc(Oc4ccc(CC(=O)C(C)(C)C)cc4)cc3n2)CC1. The Bertz CT molecular complexity index is 2930. The minimum Gasteiger partial charge on any atom is -0.508 e. The van der Waals surface area contributed by atoms with Gasteiger partial charge in [-0.05, 0) is 107 Å². The number of hydrogen-bond acceptors (Lipinski definition) is 14. The summed E-state index contributed by atoms with van der Waals surface area (Å²) in [4.78, 5) is 74.7. The highest BCUT2D eigenvalue weighted by molar-refractivity contribution is 9.10. The summed E-state index contributed by atoms with van der Waals surface area (Å²) in [5.74, 6) is 3.60. The number of benzene rings is 4. The number of rotatable bonds is 8. The van der Waals surface area contributed by atoms with E-state index >= 15 is 0 Å². The minimum absolute atomic E-state index is 0.205. The fraction of sp³-hybridized carbons (Fsp3) is 0.448. The molecule has 8 rings (SSSR count). The lowest BCUT2D eigenvalue weighted by molar-refractivity contribution is -0.126. The molecule has 6 aromatic rings. The van der Waals surface area contributed by atoms with Gasteiger partial charge < -0.3 is 38.9 Å². The normalized spacial score (nSPS) is 14.3. The lowest BCUT2D eigenvalue weighted by atomic mass is 9.87. The number of halogens is 1. The highest BCUT2D eigenvalue weighted by Gasteiger charge is 2.29. The van der Waals surface area contributed by atoms with Crippen LogP contribution in [-0.2, 0) is 31.9 Å². The van der Waals surface area contributed by atoms with Crippen molar-refractivity contribution in [3.05, 3.63) is 113 Å². The van der Waals surface area contributed by atoms with Crippen molar-refractivity contribution in [2.75, 3.05) is 62.2 Å². The fourth-order valence-electron chi connectivity index (χ4n) is 7.54. The van der Waals surface area contributed by atoms with Crippen molar-refractivity contribution in [2.24, 2.45) is 10.8 Å². The van der Waals surface area contributed by atoms with Gasteiger partial charge in [-0.3, -0.25) is 19.6 Å². The van der Waals surface area contributed by atoms with Gasteiger partial charge in [-0.25, -0.2) is 19.6 Å². The maximum Gasteiger partial charge on any atom is 0.410 e. The maximum absolute atomic E-state index is 12.4. The molecule has 0 atom stereocenters. The number of ether oxygens (including phenoxy) is 3. The number of Topliss-reactive ketones (excluding diaryl/α,β-unsaturated/α-hetero) is 2. The van der Waals surface area contributed by atoms with Crippen molar-refractivity contribution in [1.29, 1.82) is 0 Å². The molecular formula is C58H73BrN8O8. The molecule has 17 heteroatoms. The molecule has 0 saturated carbocycles. The van der Waals surface area contributed by atoms with E-state index in [-0.39, 0.29) is 40.3 Å². The van der Waals surface area contributed by atoms with Gasteiger partial charge >= 0.3 is 12.2 Å². The Morgan fingerprint density at radius 2 is 0.893 bits per heavy atom. The molecule has 16 nitrogen and oxygen atoms in total. The zero-order valence-corrected chi connectivity index (χ0v) is 47.2. The summed E-state index contributed by atoms with van der Waals surface area (Å²) in [5, 5.41) is 9.07. The van der Waals surface area contributed by atoms with Gasteiger partial charge in [0.15, 0.2) is 0 Å². The van der Waals surface area contributed by atoms with Crippen LogP contribution in [0.15, 0.2) is 102 Å². The average molecular weight is 1090 g/mol. The van der Waals surface area contributed by atoms with Gasteiger partial charge in [0.2, 0.25) is 0 Å². The van der Waals surface area contributed by atoms with E-state index in [1.807, 2.05) is 144 Å². The molecule has 2 aromatic heterocycles. The van der Waals surface area contributed by atoms with E-state index in [1.54, 1.807) is 46.5 Å². The highest BCUT2D eigenvalue weighted by Crippen LogP contribution is 2.28. The molecule has 2 saturated heterocycles. The molecule has 4 aromatic carbocycles. The second kappa shape index (κ2) is 24.2. The molecule has 2 aliphatic rings. The Kier molecular flexibility index (Phi) is 18.5. The topological polar surface area (TPSA) is 181 Å². The third-order valence-electron chi connectivity index (χ3n) is 12.0. The molecule has 0 unspecified atom stereocenters. The number of anilines is 2. The monoisotopic (exact) mass is 1090 g/mol. The number of piperazine rings is 2. The number of aromatic hydroxyl groups is 1. The molecule has 2 amide bonds. The number of hydrogen-bond donors (Lipinski definition) is 1. The van der Waals surface area contributed by atoms with Gasteiger partial charge in [0, 0.05) is 86.6 Å². The number of carbonyl (C=O) groups is 4. The van der Waals surface area contributed by atoms with Gasteiger partial charge in [0.25, 0.3) is 0 Å². The van der Waals surface area contributed by atoms with Crippen molar-refractivity contribution in [3.63, 3.8) is 0 Å². The molecular weight excluding hydrogens is 1020 g/mol. The number of amides is 2. The van der Waals surface area contributed by atoms with E-state index in [9.17, 15) is 19.2 Å². The zero-order valence-electron chi connectivity index (χ0n) is 45.6. The molecule has 2 aliphatic heterocycles. The first-order valence-electron chi connectivity index (χ1n) is 25.3. The summed E-state index contributed by atoms with van der Waals surface area (Å²) < 4.78 is 17.9. The van der Waals surface area contributed by atoms with Crippen LogP contribution in [0.2, 0.25) is 0 Å². The van der Waals surface area contributed by atoms with E-state index < -0.39 is 11.2 Å². The van der Waals surface area contributed by atoms with Crippen molar-refractivity contribution < 1.29 is 38.5 Å². The number of nitrogens with zero attached hydrogens (tertiary/aromatic N) is 8. The van der Waals surface area contributed by atoms with Crippen LogP contribution < -0.4 is 14.5 Å². The first-order chi connectivity index (χ1) is 35.1. The van der Waals surface area contributed by atoms with Gasteiger partial charge in [-0.15, -0.1) is 0 Å². The average Bonchev–Trinajstić information content (AvgIpc) is 3.33. The van der Waals surface area contributed by atoms with E-state index in [2.05, 4.69) is 40.7 Å². The first kappa shape index (κ1) is 57.4. The maximum atomic E-state index is 12.4. The molecule has 75 heavy (non-hydrogen) atoms. The van der Waals surface area contributed by atoms with Crippen molar-refractivity contribution in [2.45, 2.75) is 107 Å². The predicted molar refractivity (Wildman–Crippen MR) is 298 cm³/mol. The Hall–Kier alpha value is -6.88. The highest BCUT2D eigenvalue weighted by atomic mass is 79.9. The van der Waals surface area contributed by atoms with Crippen molar-refractivity contribution >= 4 is 73.4 Å². The van der Waals surface area contributed by atoms with E-state index in [4.69, 9.17) is 24.3 Å². The Morgan fingerprint density at radius 1 is 0.507 bits per heavy atom. The predicted octanol–water partition coefficient (Wildman–Crippen LogP) is 11.6. The van der Waals surface area contributed by atoms with E-state index in [1.165, 1.54) is 0 Å². The van der Waals surface area contributed by atoms with Crippen molar-refractivity contribution in [3.8, 4) is 17.2 Å². The summed E-state index contributed by atoms with van der Waals surface area (Å²) >= 11 is 3.46. The molecule has 400 valence electrons. The van der Waals surface area contributed by atoms with Crippen LogP contribution in [0.1, 0.15) is 94.2 Å². The number of carbonyl (C=O) groups excluding carboxylic acids is 4. The van der Waals surface area contributed by atoms with Gasteiger partial charge in [-0.1, -0.05) is 81.7 Å². The Labute approximate surface area is 449 Å².